The van der Waals surface area contributed by atoms with E-state index in [1.165, 1.54) is 12.3 Å². The molecule has 0 N–H and O–H groups in total. The van der Waals surface area contributed by atoms with Crippen LogP contribution in [-0.2, 0) is 0 Å². The predicted octanol–water partition coefficient (Wildman–Crippen LogP) is 2.15. The molecular weight excluding hydrogens is 336 g/mol. The van der Waals surface area contributed by atoms with Crippen LogP contribution in [0.1, 0.15) is 10.4 Å². The van der Waals surface area contributed by atoms with E-state index in [0.29, 0.717) is 43.9 Å². The minimum Gasteiger partial charge on any atom is -0.337 e. The van der Waals surface area contributed by atoms with Crippen molar-refractivity contribution in [1.82, 2.24) is 19.9 Å². The molecule has 2 aromatic heterocycles. The van der Waals surface area contributed by atoms with Crippen LogP contribution in [0.5, 0.6) is 0 Å². The van der Waals surface area contributed by atoms with Gasteiger partial charge in [-0.1, -0.05) is 0 Å². The number of nitrogens with zero attached hydrogens (tertiary/aromatic N) is 5. The predicted molar refractivity (Wildman–Crippen MR) is 86.2 cm³/mol. The van der Waals surface area contributed by atoms with Crippen LogP contribution in [0.4, 0.5) is 14.7 Å². The van der Waals surface area contributed by atoms with Crippen LogP contribution in [0.3, 0.4) is 0 Å². The molecule has 1 aliphatic rings. The number of halogens is 2. The molecule has 6 nitrogen and oxygen atoms in total. The molecule has 1 amide bonds. The molecular formula is C15H15F2N5OS. The van der Waals surface area contributed by atoms with Gasteiger partial charge in [-0.3, -0.25) is 4.79 Å². The lowest BCUT2D eigenvalue weighted by Crippen LogP contribution is -2.49. The maximum absolute atomic E-state index is 12.6. The van der Waals surface area contributed by atoms with Gasteiger partial charge in [0.05, 0.1) is 5.56 Å². The van der Waals surface area contributed by atoms with E-state index in [2.05, 4.69) is 15.0 Å². The van der Waals surface area contributed by atoms with E-state index >= 15 is 0 Å². The van der Waals surface area contributed by atoms with Gasteiger partial charge in [0.1, 0.15) is 5.03 Å². The van der Waals surface area contributed by atoms with E-state index in [4.69, 9.17) is 0 Å². The monoisotopic (exact) mass is 351 g/mol. The van der Waals surface area contributed by atoms with Crippen molar-refractivity contribution in [2.75, 3.05) is 31.1 Å². The van der Waals surface area contributed by atoms with Crippen LogP contribution < -0.4 is 4.90 Å². The van der Waals surface area contributed by atoms with Crippen molar-refractivity contribution in [3.8, 4) is 0 Å². The van der Waals surface area contributed by atoms with Gasteiger partial charge < -0.3 is 9.80 Å². The summed E-state index contributed by atoms with van der Waals surface area (Å²) in [4.78, 5) is 28.5. The zero-order valence-corrected chi connectivity index (χ0v) is 13.5. The summed E-state index contributed by atoms with van der Waals surface area (Å²) in [7, 11) is 0. The number of piperazine rings is 1. The number of carbonyl (C=O) groups excluding carboxylic acids is 1. The lowest BCUT2D eigenvalue weighted by molar-refractivity contribution is 0.0742. The first-order chi connectivity index (χ1) is 11.6. The normalized spacial score (nSPS) is 15.0. The molecule has 0 atom stereocenters. The largest absolute Gasteiger partial charge is 0.337 e. The molecule has 0 saturated carbocycles. The van der Waals surface area contributed by atoms with Crippen LogP contribution >= 0.6 is 11.8 Å². The number of thioether (sulfide) groups is 1. The SMILES string of the molecule is O=C(c1cccnc1SC(F)F)N1CCN(c2ncccn2)CC1. The highest BCUT2D eigenvalue weighted by Crippen LogP contribution is 2.27. The highest BCUT2D eigenvalue weighted by Gasteiger charge is 2.26. The van der Waals surface area contributed by atoms with Crippen molar-refractivity contribution in [2.24, 2.45) is 0 Å². The minimum atomic E-state index is -2.61. The molecule has 0 aromatic carbocycles. The number of aromatic nitrogens is 3. The summed E-state index contributed by atoms with van der Waals surface area (Å²) in [6.45, 7) is 2.14. The van der Waals surface area contributed by atoms with Gasteiger partial charge in [-0.15, -0.1) is 0 Å². The number of hydrogen-bond donors (Lipinski definition) is 0. The molecule has 24 heavy (non-hydrogen) atoms. The standard InChI is InChI=1S/C15H15F2N5OS/c16-14(17)24-12-11(3-1-4-18-12)13(23)21-7-9-22(10-8-21)15-19-5-2-6-20-15/h1-6,14H,7-10H2. The van der Waals surface area contributed by atoms with Gasteiger partial charge in [0.25, 0.3) is 11.7 Å². The molecule has 3 rings (SSSR count). The van der Waals surface area contributed by atoms with E-state index in [0.717, 1.165) is 0 Å². The number of rotatable bonds is 4. The maximum Gasteiger partial charge on any atom is 0.290 e. The molecule has 126 valence electrons. The van der Waals surface area contributed by atoms with Crippen molar-refractivity contribution >= 4 is 23.6 Å². The zero-order chi connectivity index (χ0) is 16.9. The zero-order valence-electron chi connectivity index (χ0n) is 12.7. The Balaban J connectivity index is 1.68. The molecule has 1 saturated heterocycles. The average molecular weight is 351 g/mol. The molecule has 9 heteroatoms. The van der Waals surface area contributed by atoms with E-state index < -0.39 is 5.76 Å². The van der Waals surface area contributed by atoms with Gasteiger partial charge in [0.2, 0.25) is 5.95 Å². The highest BCUT2D eigenvalue weighted by atomic mass is 32.2. The Morgan fingerprint density at radius 3 is 2.38 bits per heavy atom. The van der Waals surface area contributed by atoms with Gasteiger partial charge in [0, 0.05) is 44.8 Å². The van der Waals surface area contributed by atoms with Gasteiger partial charge in [0.15, 0.2) is 0 Å². The lowest BCUT2D eigenvalue weighted by Gasteiger charge is -2.34. The van der Waals surface area contributed by atoms with Crippen molar-refractivity contribution in [1.29, 1.82) is 0 Å². The van der Waals surface area contributed by atoms with Crippen LogP contribution in [0.2, 0.25) is 0 Å². The number of hydrogen-bond acceptors (Lipinski definition) is 6. The number of pyridine rings is 1. The van der Waals surface area contributed by atoms with Gasteiger partial charge in [-0.2, -0.15) is 8.78 Å². The summed E-state index contributed by atoms with van der Waals surface area (Å²) < 4.78 is 25.2. The van der Waals surface area contributed by atoms with E-state index in [9.17, 15) is 13.6 Å². The molecule has 0 bridgehead atoms. The Hall–Kier alpha value is -2.29. The quantitative estimate of drug-likeness (QED) is 0.787. The Kier molecular flexibility index (Phi) is 5.19. The molecule has 2 aromatic rings. The first-order valence-corrected chi connectivity index (χ1v) is 8.24. The van der Waals surface area contributed by atoms with E-state index in [1.54, 1.807) is 29.4 Å². The summed E-state index contributed by atoms with van der Waals surface area (Å²) in [6, 6.07) is 4.86. The van der Waals surface area contributed by atoms with Crippen molar-refractivity contribution in [3.05, 3.63) is 42.4 Å². The molecule has 3 heterocycles. The second kappa shape index (κ2) is 7.52. The average Bonchev–Trinajstić information content (AvgIpc) is 2.62. The smallest absolute Gasteiger partial charge is 0.290 e. The van der Waals surface area contributed by atoms with Gasteiger partial charge in [-0.25, -0.2) is 15.0 Å². The molecule has 1 fully saturated rings. The van der Waals surface area contributed by atoms with Crippen molar-refractivity contribution in [2.45, 2.75) is 10.8 Å². The summed E-state index contributed by atoms with van der Waals surface area (Å²) in [5.41, 5.74) is 0.215. The van der Waals surface area contributed by atoms with Crippen LogP contribution in [0.15, 0.2) is 41.8 Å². The van der Waals surface area contributed by atoms with Crippen LogP contribution in [0.25, 0.3) is 0 Å². The number of carbonyl (C=O) groups is 1. The molecule has 0 spiro atoms. The fourth-order valence-corrected chi connectivity index (χ4v) is 3.04. The van der Waals surface area contributed by atoms with Crippen molar-refractivity contribution < 1.29 is 13.6 Å². The summed E-state index contributed by atoms with van der Waals surface area (Å²) in [5, 5.41) is 0.0614. The highest BCUT2D eigenvalue weighted by molar-refractivity contribution is 7.99. The summed E-state index contributed by atoms with van der Waals surface area (Å²) in [5.74, 6) is -2.27. The Morgan fingerprint density at radius 1 is 1.04 bits per heavy atom. The maximum atomic E-state index is 12.6. The Bertz CT molecular complexity index is 695. The number of anilines is 1. The van der Waals surface area contributed by atoms with Gasteiger partial charge in [-0.05, 0) is 30.0 Å². The first kappa shape index (κ1) is 16.6. The number of alkyl halides is 2. The third-order valence-electron chi connectivity index (χ3n) is 3.60. The van der Waals surface area contributed by atoms with E-state index in [1.807, 2.05) is 4.90 Å². The summed E-state index contributed by atoms with van der Waals surface area (Å²) >= 11 is 0.292. The van der Waals surface area contributed by atoms with E-state index in [-0.39, 0.29) is 16.5 Å². The Labute approximate surface area is 141 Å². The van der Waals surface area contributed by atoms with Gasteiger partial charge >= 0.3 is 0 Å². The first-order valence-electron chi connectivity index (χ1n) is 7.36. The lowest BCUT2D eigenvalue weighted by atomic mass is 10.2. The summed E-state index contributed by atoms with van der Waals surface area (Å²) in [6.07, 6.45) is 4.75. The molecule has 0 unspecified atom stereocenters. The Morgan fingerprint density at radius 2 is 1.71 bits per heavy atom. The fourth-order valence-electron chi connectivity index (χ4n) is 2.47. The van der Waals surface area contributed by atoms with Crippen LogP contribution in [0, 0.1) is 0 Å². The number of amides is 1. The molecule has 0 aliphatic carbocycles. The third kappa shape index (κ3) is 3.78. The van der Waals surface area contributed by atoms with Crippen LogP contribution in [-0.4, -0.2) is 57.7 Å². The molecule has 0 radical (unpaired) electrons. The minimum absolute atomic E-state index is 0.0614. The third-order valence-corrected chi connectivity index (χ3v) is 4.33. The topological polar surface area (TPSA) is 62.2 Å². The second-order valence-electron chi connectivity index (χ2n) is 5.06. The second-order valence-corrected chi connectivity index (χ2v) is 6.04. The fraction of sp³-hybridized carbons (Fsp3) is 0.333. The molecule has 1 aliphatic heterocycles. The van der Waals surface area contributed by atoms with Crippen molar-refractivity contribution in [3.63, 3.8) is 0 Å².